The Hall–Kier alpha value is -2.93. The van der Waals surface area contributed by atoms with E-state index in [9.17, 15) is 4.79 Å². The summed E-state index contributed by atoms with van der Waals surface area (Å²) < 4.78 is 16.8. The van der Waals surface area contributed by atoms with Crippen molar-refractivity contribution in [2.24, 2.45) is 0 Å². The zero-order chi connectivity index (χ0) is 21.6. The number of ether oxygens (including phenoxy) is 3. The van der Waals surface area contributed by atoms with Gasteiger partial charge in [-0.15, -0.1) is 0 Å². The number of carbonyl (C=O) groups is 1. The van der Waals surface area contributed by atoms with Crippen LogP contribution < -0.4 is 24.4 Å². The summed E-state index contributed by atoms with van der Waals surface area (Å²) in [5.41, 5.74) is 3.17. The van der Waals surface area contributed by atoms with Crippen LogP contribution in [0.3, 0.4) is 0 Å². The van der Waals surface area contributed by atoms with E-state index in [1.54, 1.807) is 14.2 Å². The number of hydrogen-bond donors (Lipinski definition) is 1. The number of rotatable bonds is 8. The number of benzene rings is 2. The first-order valence-electron chi connectivity index (χ1n) is 10.9. The van der Waals surface area contributed by atoms with Gasteiger partial charge in [-0.25, -0.2) is 0 Å². The summed E-state index contributed by atoms with van der Waals surface area (Å²) >= 11 is 0. The molecule has 7 nitrogen and oxygen atoms in total. The standard InChI is InChI=1S/C24H31N3O4/c1-29-22-9-7-18(17-23(22)30-2)27-14-12-26(13-15-27)11-4-16-31-21-6-3-5-20-19(21)8-10-24(28)25-20/h3,5-7,9,17H,4,8,10-16H2,1-2H3,(H,25,28). The smallest absolute Gasteiger partial charge is 0.224 e. The summed E-state index contributed by atoms with van der Waals surface area (Å²) in [6, 6.07) is 12.0. The van der Waals surface area contributed by atoms with Gasteiger partial charge in [0.2, 0.25) is 5.91 Å². The maximum Gasteiger partial charge on any atom is 0.224 e. The van der Waals surface area contributed by atoms with Crippen LogP contribution in [0.2, 0.25) is 0 Å². The van der Waals surface area contributed by atoms with Crippen molar-refractivity contribution in [2.75, 3.05) is 63.8 Å². The Morgan fingerprint density at radius 1 is 0.935 bits per heavy atom. The molecule has 2 heterocycles. The van der Waals surface area contributed by atoms with Gasteiger partial charge in [-0.2, -0.15) is 0 Å². The number of anilines is 2. The molecule has 2 aromatic rings. The number of amides is 1. The molecule has 166 valence electrons. The molecule has 1 N–H and O–H groups in total. The Balaban J connectivity index is 1.22. The van der Waals surface area contributed by atoms with Crippen molar-refractivity contribution in [3.63, 3.8) is 0 Å². The van der Waals surface area contributed by atoms with Crippen molar-refractivity contribution >= 4 is 17.3 Å². The largest absolute Gasteiger partial charge is 0.493 e. The molecule has 4 rings (SSSR count). The van der Waals surface area contributed by atoms with Crippen molar-refractivity contribution in [2.45, 2.75) is 19.3 Å². The summed E-state index contributed by atoms with van der Waals surface area (Å²) in [5.74, 6) is 2.50. The van der Waals surface area contributed by atoms with E-state index in [-0.39, 0.29) is 5.91 Å². The Morgan fingerprint density at radius 3 is 2.52 bits per heavy atom. The third-order valence-electron chi connectivity index (χ3n) is 5.99. The van der Waals surface area contributed by atoms with Crippen LogP contribution in [0, 0.1) is 0 Å². The van der Waals surface area contributed by atoms with E-state index in [0.29, 0.717) is 13.0 Å². The highest BCUT2D eigenvalue weighted by atomic mass is 16.5. The second-order valence-corrected chi connectivity index (χ2v) is 7.90. The number of piperazine rings is 1. The molecule has 1 amide bonds. The summed E-state index contributed by atoms with van der Waals surface area (Å²) in [7, 11) is 3.33. The van der Waals surface area contributed by atoms with Crippen LogP contribution in [0.5, 0.6) is 17.2 Å². The quantitative estimate of drug-likeness (QED) is 0.656. The maximum absolute atomic E-state index is 11.6. The van der Waals surface area contributed by atoms with Gasteiger partial charge in [0.15, 0.2) is 11.5 Å². The highest BCUT2D eigenvalue weighted by Crippen LogP contribution is 2.32. The van der Waals surface area contributed by atoms with Crippen LogP contribution in [-0.4, -0.2) is 64.4 Å². The van der Waals surface area contributed by atoms with Crippen LogP contribution in [-0.2, 0) is 11.2 Å². The molecular formula is C24H31N3O4. The number of fused-ring (bicyclic) bond motifs is 1. The highest BCUT2D eigenvalue weighted by Gasteiger charge is 2.20. The molecule has 1 fully saturated rings. The van der Waals surface area contributed by atoms with Crippen molar-refractivity contribution in [1.82, 2.24) is 4.90 Å². The summed E-state index contributed by atoms with van der Waals surface area (Å²) in [6.45, 7) is 5.73. The van der Waals surface area contributed by atoms with Crippen LogP contribution in [0.4, 0.5) is 11.4 Å². The van der Waals surface area contributed by atoms with E-state index in [4.69, 9.17) is 14.2 Å². The molecule has 0 radical (unpaired) electrons. The molecule has 0 aromatic heterocycles. The predicted octanol–water partition coefficient (Wildman–Crippen LogP) is 3.18. The topological polar surface area (TPSA) is 63.3 Å². The van der Waals surface area contributed by atoms with Crippen molar-refractivity contribution in [3.05, 3.63) is 42.0 Å². The van der Waals surface area contributed by atoms with Gasteiger partial charge in [-0.05, 0) is 37.1 Å². The van der Waals surface area contributed by atoms with Crippen LogP contribution >= 0.6 is 0 Å². The lowest BCUT2D eigenvalue weighted by molar-refractivity contribution is -0.116. The van der Waals surface area contributed by atoms with Gasteiger partial charge >= 0.3 is 0 Å². The fourth-order valence-corrected chi connectivity index (χ4v) is 4.25. The van der Waals surface area contributed by atoms with Gasteiger partial charge < -0.3 is 24.4 Å². The maximum atomic E-state index is 11.6. The third kappa shape index (κ3) is 5.05. The molecule has 0 aliphatic carbocycles. The molecule has 2 aliphatic rings. The Morgan fingerprint density at radius 2 is 1.74 bits per heavy atom. The molecular weight excluding hydrogens is 394 g/mol. The molecule has 0 unspecified atom stereocenters. The van der Waals surface area contributed by atoms with Gasteiger partial charge in [-0.3, -0.25) is 9.69 Å². The number of carbonyl (C=O) groups excluding carboxylic acids is 1. The number of methoxy groups -OCH3 is 2. The van der Waals surface area contributed by atoms with Gasteiger partial charge in [0.05, 0.1) is 20.8 Å². The SMILES string of the molecule is COc1ccc(N2CCN(CCCOc3cccc4c3CCC(=O)N4)CC2)cc1OC. The van der Waals surface area contributed by atoms with E-state index in [1.165, 1.54) is 5.69 Å². The first-order valence-corrected chi connectivity index (χ1v) is 10.9. The second-order valence-electron chi connectivity index (χ2n) is 7.90. The first kappa shape index (κ1) is 21.3. The first-order chi connectivity index (χ1) is 15.2. The van der Waals surface area contributed by atoms with Crippen LogP contribution in [0.15, 0.2) is 36.4 Å². The van der Waals surface area contributed by atoms with Gasteiger partial charge in [-0.1, -0.05) is 6.07 Å². The second kappa shape index (κ2) is 9.92. The summed E-state index contributed by atoms with van der Waals surface area (Å²) in [4.78, 5) is 16.5. The van der Waals surface area contributed by atoms with E-state index in [2.05, 4.69) is 21.2 Å². The van der Waals surface area contributed by atoms with E-state index < -0.39 is 0 Å². The molecule has 2 aliphatic heterocycles. The number of nitrogens with one attached hydrogen (secondary N) is 1. The summed E-state index contributed by atoms with van der Waals surface area (Å²) in [5, 5.41) is 2.93. The van der Waals surface area contributed by atoms with Crippen molar-refractivity contribution in [1.29, 1.82) is 0 Å². The van der Waals surface area contributed by atoms with Crippen molar-refractivity contribution < 1.29 is 19.0 Å². The van der Waals surface area contributed by atoms with Crippen molar-refractivity contribution in [3.8, 4) is 17.2 Å². The average Bonchev–Trinajstić information content (AvgIpc) is 2.81. The Kier molecular flexibility index (Phi) is 6.82. The zero-order valence-corrected chi connectivity index (χ0v) is 18.4. The Bertz CT molecular complexity index is 910. The van der Waals surface area contributed by atoms with Gasteiger partial charge in [0, 0.05) is 62.1 Å². The molecule has 2 aromatic carbocycles. The predicted molar refractivity (Wildman–Crippen MR) is 122 cm³/mol. The molecule has 31 heavy (non-hydrogen) atoms. The van der Waals surface area contributed by atoms with E-state index >= 15 is 0 Å². The number of hydrogen-bond acceptors (Lipinski definition) is 6. The van der Waals surface area contributed by atoms with Crippen LogP contribution in [0.1, 0.15) is 18.4 Å². The van der Waals surface area contributed by atoms with Gasteiger partial charge in [0.1, 0.15) is 5.75 Å². The number of nitrogens with zero attached hydrogens (tertiary/aromatic N) is 2. The lowest BCUT2D eigenvalue weighted by Crippen LogP contribution is -2.46. The molecule has 0 atom stereocenters. The molecule has 0 spiro atoms. The Labute approximate surface area is 183 Å². The van der Waals surface area contributed by atoms with Gasteiger partial charge in [0.25, 0.3) is 0 Å². The molecule has 7 heteroatoms. The molecule has 1 saturated heterocycles. The fourth-order valence-electron chi connectivity index (χ4n) is 4.25. The minimum atomic E-state index is 0.0804. The fraction of sp³-hybridized carbons (Fsp3) is 0.458. The zero-order valence-electron chi connectivity index (χ0n) is 18.4. The van der Waals surface area contributed by atoms with E-state index in [1.807, 2.05) is 30.3 Å². The van der Waals surface area contributed by atoms with E-state index in [0.717, 1.165) is 74.1 Å². The normalized spacial score (nSPS) is 16.5. The lowest BCUT2D eigenvalue weighted by atomic mass is 10.0. The minimum absolute atomic E-state index is 0.0804. The summed E-state index contributed by atoms with van der Waals surface area (Å²) in [6.07, 6.45) is 2.25. The average molecular weight is 426 g/mol. The minimum Gasteiger partial charge on any atom is -0.493 e. The monoisotopic (exact) mass is 425 g/mol. The third-order valence-corrected chi connectivity index (χ3v) is 5.99. The molecule has 0 bridgehead atoms. The molecule has 0 saturated carbocycles. The lowest BCUT2D eigenvalue weighted by Gasteiger charge is -2.36. The highest BCUT2D eigenvalue weighted by molar-refractivity contribution is 5.94. The van der Waals surface area contributed by atoms with Crippen LogP contribution in [0.25, 0.3) is 0 Å².